The molecule has 0 atom stereocenters. The molecule has 118 valence electrons. The summed E-state index contributed by atoms with van der Waals surface area (Å²) in [6.07, 6.45) is 1.76. The van der Waals surface area contributed by atoms with Gasteiger partial charge in [0.05, 0.1) is 17.8 Å². The van der Waals surface area contributed by atoms with E-state index in [2.05, 4.69) is 20.6 Å². The van der Waals surface area contributed by atoms with Gasteiger partial charge in [-0.15, -0.1) is 11.3 Å². The maximum absolute atomic E-state index is 11.9. The molecule has 0 radical (unpaired) electrons. The van der Waals surface area contributed by atoms with Gasteiger partial charge in [0.2, 0.25) is 0 Å². The zero-order chi connectivity index (χ0) is 16.1. The Kier molecular flexibility index (Phi) is 4.80. The largest absolute Gasteiger partial charge is 0.378 e. The minimum atomic E-state index is -0.283. The SMILES string of the molecule is COCc1csc(NC(=O)NCc2ccc3ncccc3c2)n1. The summed E-state index contributed by atoms with van der Waals surface area (Å²) < 4.78 is 5.00. The molecule has 1 aromatic carbocycles. The van der Waals surface area contributed by atoms with Gasteiger partial charge < -0.3 is 10.1 Å². The molecule has 2 aromatic heterocycles. The highest BCUT2D eigenvalue weighted by atomic mass is 32.1. The monoisotopic (exact) mass is 328 g/mol. The molecule has 0 unspecified atom stereocenters. The normalized spacial score (nSPS) is 10.7. The smallest absolute Gasteiger partial charge is 0.321 e. The highest BCUT2D eigenvalue weighted by Gasteiger charge is 2.06. The fourth-order valence-electron chi connectivity index (χ4n) is 2.14. The van der Waals surface area contributed by atoms with Crippen molar-refractivity contribution < 1.29 is 9.53 Å². The first kappa shape index (κ1) is 15.4. The molecule has 0 saturated heterocycles. The van der Waals surface area contributed by atoms with E-state index in [1.807, 2.05) is 35.7 Å². The van der Waals surface area contributed by atoms with Gasteiger partial charge in [0.15, 0.2) is 5.13 Å². The number of nitrogens with one attached hydrogen (secondary N) is 2. The minimum absolute atomic E-state index is 0.283. The van der Waals surface area contributed by atoms with E-state index in [-0.39, 0.29) is 6.03 Å². The first-order chi connectivity index (χ1) is 11.2. The molecular formula is C16H16N4O2S. The van der Waals surface area contributed by atoms with E-state index < -0.39 is 0 Å². The van der Waals surface area contributed by atoms with Gasteiger partial charge in [0, 0.05) is 30.6 Å². The standard InChI is InChI=1S/C16H16N4O2S/c1-22-9-13-10-23-16(19-13)20-15(21)18-8-11-4-5-14-12(7-11)3-2-6-17-14/h2-7,10H,8-9H2,1H3,(H2,18,19,20,21). The number of ether oxygens (including phenoxy) is 1. The fourth-order valence-corrected chi connectivity index (χ4v) is 2.83. The predicted octanol–water partition coefficient (Wildman–Crippen LogP) is 3.16. The highest BCUT2D eigenvalue weighted by molar-refractivity contribution is 7.13. The average molecular weight is 328 g/mol. The second kappa shape index (κ2) is 7.17. The number of anilines is 1. The zero-order valence-electron chi connectivity index (χ0n) is 12.6. The first-order valence-electron chi connectivity index (χ1n) is 7.06. The third kappa shape index (κ3) is 4.02. The highest BCUT2D eigenvalue weighted by Crippen LogP contribution is 2.16. The number of carbonyl (C=O) groups excluding carboxylic acids is 1. The summed E-state index contributed by atoms with van der Waals surface area (Å²) in [4.78, 5) is 20.4. The number of aromatic nitrogens is 2. The van der Waals surface area contributed by atoms with E-state index in [4.69, 9.17) is 4.74 Å². The number of rotatable bonds is 5. The van der Waals surface area contributed by atoms with Crippen molar-refractivity contribution in [3.05, 3.63) is 53.2 Å². The Morgan fingerprint density at radius 1 is 1.35 bits per heavy atom. The molecule has 0 spiro atoms. The van der Waals surface area contributed by atoms with Crippen LogP contribution in [0.2, 0.25) is 0 Å². The zero-order valence-corrected chi connectivity index (χ0v) is 13.4. The van der Waals surface area contributed by atoms with Gasteiger partial charge in [-0.25, -0.2) is 9.78 Å². The summed E-state index contributed by atoms with van der Waals surface area (Å²) in [6, 6.07) is 9.53. The van der Waals surface area contributed by atoms with E-state index >= 15 is 0 Å². The lowest BCUT2D eigenvalue weighted by Crippen LogP contribution is -2.28. The molecular weight excluding hydrogens is 312 g/mol. The number of benzene rings is 1. The number of methoxy groups -OCH3 is 1. The molecule has 3 rings (SSSR count). The van der Waals surface area contributed by atoms with Crippen molar-refractivity contribution >= 4 is 33.4 Å². The van der Waals surface area contributed by atoms with Gasteiger partial charge in [-0.1, -0.05) is 12.1 Å². The van der Waals surface area contributed by atoms with Crippen molar-refractivity contribution in [3.8, 4) is 0 Å². The Morgan fingerprint density at radius 3 is 3.13 bits per heavy atom. The van der Waals surface area contributed by atoms with Crippen molar-refractivity contribution in [1.82, 2.24) is 15.3 Å². The molecule has 6 nitrogen and oxygen atoms in total. The topological polar surface area (TPSA) is 76.1 Å². The van der Waals surface area contributed by atoms with E-state index in [0.29, 0.717) is 18.3 Å². The van der Waals surface area contributed by atoms with Crippen molar-refractivity contribution in [3.63, 3.8) is 0 Å². The van der Waals surface area contributed by atoms with Gasteiger partial charge in [0.1, 0.15) is 0 Å². The fraction of sp³-hybridized carbons (Fsp3) is 0.188. The quantitative estimate of drug-likeness (QED) is 0.754. The lowest BCUT2D eigenvalue weighted by atomic mass is 10.1. The maximum atomic E-state index is 11.9. The number of fused-ring (bicyclic) bond motifs is 1. The molecule has 7 heteroatoms. The lowest BCUT2D eigenvalue weighted by molar-refractivity contribution is 0.182. The second-order valence-electron chi connectivity index (χ2n) is 4.92. The maximum Gasteiger partial charge on any atom is 0.321 e. The van der Waals surface area contributed by atoms with Crippen LogP contribution >= 0.6 is 11.3 Å². The second-order valence-corrected chi connectivity index (χ2v) is 5.77. The summed E-state index contributed by atoms with van der Waals surface area (Å²) in [6.45, 7) is 0.873. The van der Waals surface area contributed by atoms with Crippen LogP contribution < -0.4 is 10.6 Å². The number of thiazole rings is 1. The molecule has 3 aromatic rings. The number of carbonyl (C=O) groups is 1. The van der Waals surface area contributed by atoms with Gasteiger partial charge in [-0.2, -0.15) is 0 Å². The number of amides is 2. The van der Waals surface area contributed by atoms with Crippen LogP contribution in [0.4, 0.5) is 9.93 Å². The number of urea groups is 1. The summed E-state index contributed by atoms with van der Waals surface area (Å²) >= 11 is 1.37. The average Bonchev–Trinajstić information content (AvgIpc) is 3.00. The number of pyridine rings is 1. The van der Waals surface area contributed by atoms with Gasteiger partial charge in [-0.3, -0.25) is 10.3 Å². The molecule has 2 amide bonds. The van der Waals surface area contributed by atoms with Crippen LogP contribution in [0, 0.1) is 0 Å². The Labute approximate surface area is 137 Å². The molecule has 0 saturated carbocycles. The number of nitrogens with zero attached hydrogens (tertiary/aromatic N) is 2. The van der Waals surface area contributed by atoms with Crippen LogP contribution in [0.3, 0.4) is 0 Å². The first-order valence-corrected chi connectivity index (χ1v) is 7.94. The Bertz CT molecular complexity index is 818. The Balaban J connectivity index is 1.56. The minimum Gasteiger partial charge on any atom is -0.378 e. The number of hydrogen-bond donors (Lipinski definition) is 2. The Morgan fingerprint density at radius 2 is 2.26 bits per heavy atom. The molecule has 23 heavy (non-hydrogen) atoms. The van der Waals surface area contributed by atoms with Gasteiger partial charge >= 0.3 is 6.03 Å². The van der Waals surface area contributed by atoms with Gasteiger partial charge in [0.25, 0.3) is 0 Å². The van der Waals surface area contributed by atoms with Crippen molar-refractivity contribution in [2.45, 2.75) is 13.2 Å². The van der Waals surface area contributed by atoms with E-state index in [9.17, 15) is 4.79 Å². The van der Waals surface area contributed by atoms with Crippen LogP contribution in [0.1, 0.15) is 11.3 Å². The van der Waals surface area contributed by atoms with Gasteiger partial charge in [-0.05, 0) is 23.8 Å². The number of hydrogen-bond acceptors (Lipinski definition) is 5. The third-order valence-corrected chi connectivity index (χ3v) is 3.99. The third-order valence-electron chi connectivity index (χ3n) is 3.18. The van der Waals surface area contributed by atoms with E-state index in [1.165, 1.54) is 11.3 Å². The lowest BCUT2D eigenvalue weighted by Gasteiger charge is -2.06. The van der Waals surface area contributed by atoms with Crippen molar-refractivity contribution in [1.29, 1.82) is 0 Å². The molecule has 0 aliphatic heterocycles. The summed E-state index contributed by atoms with van der Waals surface area (Å²) in [5, 5.41) is 9.00. The van der Waals surface area contributed by atoms with Crippen LogP contribution in [0.5, 0.6) is 0 Å². The summed E-state index contributed by atoms with van der Waals surface area (Å²) in [7, 11) is 1.61. The van der Waals surface area contributed by atoms with Crippen LogP contribution in [0.25, 0.3) is 10.9 Å². The molecule has 0 fully saturated rings. The molecule has 2 N–H and O–H groups in total. The summed E-state index contributed by atoms with van der Waals surface area (Å²) in [5.41, 5.74) is 2.75. The molecule has 0 aliphatic carbocycles. The summed E-state index contributed by atoms with van der Waals surface area (Å²) in [5.74, 6) is 0. The van der Waals surface area contributed by atoms with E-state index in [1.54, 1.807) is 13.3 Å². The molecule has 0 bridgehead atoms. The molecule has 2 heterocycles. The predicted molar refractivity (Wildman–Crippen MR) is 90.4 cm³/mol. The van der Waals surface area contributed by atoms with Crippen LogP contribution in [-0.2, 0) is 17.9 Å². The Hall–Kier alpha value is -2.51. The molecule has 0 aliphatic rings. The van der Waals surface area contributed by atoms with Crippen LogP contribution in [0.15, 0.2) is 41.9 Å². The van der Waals surface area contributed by atoms with E-state index in [0.717, 1.165) is 22.2 Å². The van der Waals surface area contributed by atoms with Crippen molar-refractivity contribution in [2.75, 3.05) is 12.4 Å². The van der Waals surface area contributed by atoms with Crippen LogP contribution in [-0.4, -0.2) is 23.1 Å². The van der Waals surface area contributed by atoms with Crippen molar-refractivity contribution in [2.24, 2.45) is 0 Å².